The van der Waals surface area contributed by atoms with Crippen molar-refractivity contribution >= 4 is 15.9 Å². The molecule has 0 aliphatic carbocycles. The summed E-state index contributed by atoms with van der Waals surface area (Å²) in [6, 6.07) is 6.25. The highest BCUT2D eigenvalue weighted by atomic mass is 79.9. The average molecular weight is 315 g/mol. The summed E-state index contributed by atoms with van der Waals surface area (Å²) in [5, 5.41) is 2.31. The molecule has 1 fully saturated rings. The van der Waals surface area contributed by atoms with Gasteiger partial charge in [0.15, 0.2) is 0 Å². The van der Waals surface area contributed by atoms with Crippen molar-refractivity contribution in [2.45, 2.75) is 51.7 Å². The van der Waals surface area contributed by atoms with E-state index in [4.69, 9.17) is 0 Å². The second-order valence-corrected chi connectivity index (χ2v) is 5.88. The van der Waals surface area contributed by atoms with Gasteiger partial charge in [-0.15, -0.1) is 0 Å². The van der Waals surface area contributed by atoms with Crippen LogP contribution in [0.25, 0.3) is 0 Å². The van der Waals surface area contributed by atoms with Crippen LogP contribution in [0.3, 0.4) is 0 Å². The van der Waals surface area contributed by atoms with Gasteiger partial charge in [-0.25, -0.2) is 9.40 Å². The van der Waals surface area contributed by atoms with Crippen molar-refractivity contribution in [2.24, 2.45) is 0 Å². The molecule has 1 saturated heterocycles. The maximum absolute atomic E-state index is 13.4. The van der Waals surface area contributed by atoms with E-state index in [0.717, 1.165) is 5.56 Å². The molecule has 0 aromatic heterocycles. The van der Waals surface area contributed by atoms with Crippen molar-refractivity contribution in [3.05, 3.63) is 34.1 Å². The van der Waals surface area contributed by atoms with Crippen LogP contribution in [-0.4, -0.2) is 17.1 Å². The molecule has 0 saturated carbocycles. The summed E-state index contributed by atoms with van der Waals surface area (Å²) in [6.45, 7) is 5.14. The number of halogens is 2. The first-order chi connectivity index (χ1) is 8.59. The van der Waals surface area contributed by atoms with Crippen molar-refractivity contribution in [1.29, 1.82) is 0 Å². The number of nitrogens with zero attached hydrogens (tertiary/aromatic N) is 1. The SMILES string of the molecule is CC1CCCC(C)N1NCc1cccc(F)c1Br. The van der Waals surface area contributed by atoms with Gasteiger partial charge in [-0.1, -0.05) is 18.6 Å². The standard InChI is InChI=1S/C14H20BrFN2/c1-10-5-3-6-11(2)18(10)17-9-12-7-4-8-13(16)14(12)15/h4,7-8,10-11,17H,3,5-6,9H2,1-2H3. The van der Waals surface area contributed by atoms with Gasteiger partial charge in [-0.2, -0.15) is 0 Å². The Kier molecular flexibility index (Phi) is 4.76. The summed E-state index contributed by atoms with van der Waals surface area (Å²) in [5.41, 5.74) is 4.40. The molecule has 2 nitrogen and oxygen atoms in total. The smallest absolute Gasteiger partial charge is 0.137 e. The predicted octanol–water partition coefficient (Wildman–Crippen LogP) is 3.86. The van der Waals surface area contributed by atoms with E-state index in [1.54, 1.807) is 6.07 Å². The first-order valence-electron chi connectivity index (χ1n) is 6.54. The zero-order valence-corrected chi connectivity index (χ0v) is 12.5. The quantitative estimate of drug-likeness (QED) is 0.911. The van der Waals surface area contributed by atoms with Crippen LogP contribution >= 0.6 is 15.9 Å². The number of benzene rings is 1. The van der Waals surface area contributed by atoms with Crippen LogP contribution in [0.1, 0.15) is 38.7 Å². The number of nitrogens with one attached hydrogen (secondary N) is 1. The molecule has 2 atom stereocenters. The Bertz CT molecular complexity index is 401. The summed E-state index contributed by atoms with van der Waals surface area (Å²) in [5.74, 6) is -0.200. The van der Waals surface area contributed by atoms with Crippen LogP contribution in [0.15, 0.2) is 22.7 Å². The Morgan fingerprint density at radius 3 is 2.67 bits per heavy atom. The Morgan fingerprint density at radius 2 is 2.00 bits per heavy atom. The van der Waals surface area contributed by atoms with E-state index in [9.17, 15) is 4.39 Å². The van der Waals surface area contributed by atoms with Gasteiger partial charge >= 0.3 is 0 Å². The third-order valence-electron chi connectivity index (χ3n) is 3.68. The molecule has 0 spiro atoms. The molecule has 2 unspecified atom stereocenters. The van der Waals surface area contributed by atoms with E-state index in [1.165, 1.54) is 25.3 Å². The van der Waals surface area contributed by atoms with Gasteiger partial charge in [-0.05, 0) is 54.2 Å². The van der Waals surface area contributed by atoms with Crippen molar-refractivity contribution in [2.75, 3.05) is 0 Å². The number of piperidine rings is 1. The van der Waals surface area contributed by atoms with Gasteiger partial charge in [0.1, 0.15) is 5.82 Å². The number of hydrogen-bond donors (Lipinski definition) is 1. The molecule has 1 aromatic rings. The Balaban J connectivity index is 2.00. The van der Waals surface area contributed by atoms with Crippen molar-refractivity contribution in [3.63, 3.8) is 0 Å². The Hall–Kier alpha value is -0.450. The molecular weight excluding hydrogens is 295 g/mol. The maximum atomic E-state index is 13.4. The van der Waals surface area contributed by atoms with Crippen LogP contribution in [0, 0.1) is 5.82 Å². The van der Waals surface area contributed by atoms with E-state index in [2.05, 4.69) is 40.2 Å². The van der Waals surface area contributed by atoms with E-state index >= 15 is 0 Å². The van der Waals surface area contributed by atoms with E-state index in [0.29, 0.717) is 23.1 Å². The van der Waals surface area contributed by atoms with Gasteiger partial charge in [0.2, 0.25) is 0 Å². The number of rotatable bonds is 3. The fourth-order valence-electron chi connectivity index (χ4n) is 2.59. The molecular formula is C14H20BrFN2. The molecule has 2 rings (SSSR count). The largest absolute Gasteiger partial charge is 0.250 e. The summed E-state index contributed by atoms with van der Waals surface area (Å²) >= 11 is 3.30. The molecule has 1 aliphatic heterocycles. The minimum atomic E-state index is -0.200. The van der Waals surface area contributed by atoms with Crippen LogP contribution in [0.4, 0.5) is 4.39 Å². The van der Waals surface area contributed by atoms with Gasteiger partial charge in [-0.3, -0.25) is 5.43 Å². The zero-order valence-electron chi connectivity index (χ0n) is 10.9. The third kappa shape index (κ3) is 3.11. The minimum Gasteiger partial charge on any atom is -0.250 e. The maximum Gasteiger partial charge on any atom is 0.137 e. The van der Waals surface area contributed by atoms with E-state index in [1.807, 2.05) is 6.07 Å². The summed E-state index contributed by atoms with van der Waals surface area (Å²) < 4.78 is 14.0. The monoisotopic (exact) mass is 314 g/mol. The molecule has 1 aliphatic rings. The molecule has 100 valence electrons. The fraction of sp³-hybridized carbons (Fsp3) is 0.571. The molecule has 4 heteroatoms. The topological polar surface area (TPSA) is 15.3 Å². The molecule has 0 amide bonds. The molecule has 0 bridgehead atoms. The highest BCUT2D eigenvalue weighted by Gasteiger charge is 2.24. The molecule has 1 heterocycles. The number of hydrazine groups is 1. The highest BCUT2D eigenvalue weighted by molar-refractivity contribution is 9.10. The van der Waals surface area contributed by atoms with Gasteiger partial charge in [0, 0.05) is 18.6 Å². The van der Waals surface area contributed by atoms with Gasteiger partial charge in [0.25, 0.3) is 0 Å². The minimum absolute atomic E-state index is 0.200. The van der Waals surface area contributed by atoms with Crippen LogP contribution in [0.5, 0.6) is 0 Å². The third-order valence-corrected chi connectivity index (χ3v) is 4.57. The first-order valence-corrected chi connectivity index (χ1v) is 7.33. The molecule has 1 N–H and O–H groups in total. The Labute approximate surface area is 117 Å². The number of hydrogen-bond acceptors (Lipinski definition) is 2. The summed E-state index contributed by atoms with van der Waals surface area (Å²) in [4.78, 5) is 0. The summed E-state index contributed by atoms with van der Waals surface area (Å²) in [7, 11) is 0. The van der Waals surface area contributed by atoms with Gasteiger partial charge in [0.05, 0.1) is 4.47 Å². The first kappa shape index (κ1) is 14.0. The lowest BCUT2D eigenvalue weighted by Gasteiger charge is -2.39. The van der Waals surface area contributed by atoms with Crippen molar-refractivity contribution in [1.82, 2.24) is 10.4 Å². The molecule has 1 aromatic carbocycles. The molecule has 0 radical (unpaired) electrons. The van der Waals surface area contributed by atoms with Crippen LogP contribution in [0.2, 0.25) is 0 Å². The van der Waals surface area contributed by atoms with Crippen molar-refractivity contribution < 1.29 is 4.39 Å². The van der Waals surface area contributed by atoms with Crippen molar-refractivity contribution in [3.8, 4) is 0 Å². The van der Waals surface area contributed by atoms with Crippen LogP contribution < -0.4 is 5.43 Å². The van der Waals surface area contributed by atoms with Gasteiger partial charge < -0.3 is 0 Å². The van der Waals surface area contributed by atoms with E-state index in [-0.39, 0.29) is 5.82 Å². The normalized spacial score (nSPS) is 25.3. The molecule has 18 heavy (non-hydrogen) atoms. The zero-order chi connectivity index (χ0) is 13.1. The highest BCUT2D eigenvalue weighted by Crippen LogP contribution is 2.23. The lowest BCUT2D eigenvalue weighted by atomic mass is 10.00. The summed E-state index contributed by atoms with van der Waals surface area (Å²) in [6.07, 6.45) is 3.74. The predicted molar refractivity (Wildman–Crippen MR) is 75.6 cm³/mol. The lowest BCUT2D eigenvalue weighted by molar-refractivity contribution is 0.0434. The average Bonchev–Trinajstić information content (AvgIpc) is 2.33. The van der Waals surface area contributed by atoms with Crippen LogP contribution in [-0.2, 0) is 6.54 Å². The fourth-order valence-corrected chi connectivity index (χ4v) is 3.00. The Morgan fingerprint density at radius 1 is 1.33 bits per heavy atom. The lowest BCUT2D eigenvalue weighted by Crippen LogP contribution is -2.51. The second-order valence-electron chi connectivity index (χ2n) is 5.08. The second kappa shape index (κ2) is 6.13. The van der Waals surface area contributed by atoms with E-state index < -0.39 is 0 Å².